The first-order valence-corrected chi connectivity index (χ1v) is 7.28. The molecule has 1 heteroatoms. The first kappa shape index (κ1) is 13.6. The van der Waals surface area contributed by atoms with Gasteiger partial charge in [0.25, 0.3) is 0 Å². The molecule has 0 saturated carbocycles. The van der Waals surface area contributed by atoms with Gasteiger partial charge in [0.15, 0.2) is 0 Å². The molecule has 0 aliphatic heterocycles. The quantitative estimate of drug-likeness (QED) is 0.835. The lowest BCUT2D eigenvalue weighted by Crippen LogP contribution is -2.19. The summed E-state index contributed by atoms with van der Waals surface area (Å²) in [5, 5.41) is 3.48. The summed E-state index contributed by atoms with van der Waals surface area (Å²) in [6.45, 7) is 6.97. The van der Waals surface area contributed by atoms with E-state index in [1.165, 1.54) is 37.7 Å². The van der Waals surface area contributed by atoms with E-state index in [4.69, 9.17) is 0 Å². The molecule has 0 saturated heterocycles. The molecule has 0 fully saturated rings. The summed E-state index contributed by atoms with van der Waals surface area (Å²) in [7, 11) is 2.08. The highest BCUT2D eigenvalue weighted by atomic mass is 14.9. The fourth-order valence-corrected chi connectivity index (χ4v) is 2.86. The highest BCUT2D eigenvalue weighted by Gasteiger charge is 2.17. The van der Waals surface area contributed by atoms with E-state index >= 15 is 0 Å². The van der Waals surface area contributed by atoms with Crippen LogP contribution in [0.1, 0.15) is 62.8 Å². The minimum absolute atomic E-state index is 0.422. The third kappa shape index (κ3) is 3.35. The van der Waals surface area contributed by atoms with E-state index in [1.807, 2.05) is 0 Å². The Balaban J connectivity index is 2.08. The third-order valence-corrected chi connectivity index (χ3v) is 4.06. The second-order valence-electron chi connectivity index (χ2n) is 6.82. The monoisotopic (exact) mass is 245 g/mol. The molecule has 0 heterocycles. The number of nitrogens with one attached hydrogen (secondary N) is 1. The number of aryl methyl sites for hydroxylation is 2. The Kier molecular flexibility index (Phi) is 4.11. The van der Waals surface area contributed by atoms with E-state index in [0.717, 1.165) is 0 Å². The minimum atomic E-state index is 0.422. The van der Waals surface area contributed by atoms with Crippen molar-refractivity contribution in [3.8, 4) is 0 Å². The van der Waals surface area contributed by atoms with Crippen LogP contribution in [0.4, 0.5) is 0 Å². The maximum Gasteiger partial charge on any atom is 0.0317 e. The van der Waals surface area contributed by atoms with Crippen LogP contribution in [-0.4, -0.2) is 7.05 Å². The van der Waals surface area contributed by atoms with Crippen molar-refractivity contribution in [3.63, 3.8) is 0 Å². The number of rotatable bonds is 4. The van der Waals surface area contributed by atoms with Gasteiger partial charge in [-0.3, -0.25) is 0 Å². The number of fused-ring (bicyclic) bond motifs is 1. The highest BCUT2D eigenvalue weighted by molar-refractivity contribution is 5.36. The van der Waals surface area contributed by atoms with Gasteiger partial charge in [0.1, 0.15) is 0 Å². The van der Waals surface area contributed by atoms with Crippen LogP contribution in [0.3, 0.4) is 0 Å². The summed E-state index contributed by atoms with van der Waals surface area (Å²) in [6, 6.07) is 7.62. The zero-order valence-corrected chi connectivity index (χ0v) is 12.3. The highest BCUT2D eigenvalue weighted by Crippen LogP contribution is 2.30. The van der Waals surface area contributed by atoms with Crippen LogP contribution < -0.4 is 5.32 Å². The molecular formula is C17H27N. The molecular weight excluding hydrogens is 218 g/mol. The van der Waals surface area contributed by atoms with Crippen molar-refractivity contribution >= 4 is 0 Å². The second kappa shape index (κ2) is 5.44. The molecule has 1 aromatic rings. The van der Waals surface area contributed by atoms with Crippen molar-refractivity contribution in [3.05, 3.63) is 34.9 Å². The maximum absolute atomic E-state index is 3.48. The fourth-order valence-electron chi connectivity index (χ4n) is 2.86. The lowest BCUT2D eigenvalue weighted by atomic mass is 9.87. The molecule has 0 bridgehead atoms. The summed E-state index contributed by atoms with van der Waals surface area (Å²) in [5.41, 5.74) is 5.06. The Morgan fingerprint density at radius 2 is 1.89 bits per heavy atom. The predicted octanol–water partition coefficient (Wildman–Crippen LogP) is 4.26. The first-order chi connectivity index (χ1) is 8.49. The molecule has 1 nitrogen and oxygen atoms in total. The van der Waals surface area contributed by atoms with Crippen molar-refractivity contribution in [2.45, 2.75) is 58.9 Å². The van der Waals surface area contributed by atoms with E-state index < -0.39 is 0 Å². The molecule has 1 aliphatic carbocycles. The van der Waals surface area contributed by atoms with Crippen molar-refractivity contribution in [1.29, 1.82) is 0 Å². The predicted molar refractivity (Wildman–Crippen MR) is 79.0 cm³/mol. The van der Waals surface area contributed by atoms with E-state index in [9.17, 15) is 0 Å². The summed E-state index contributed by atoms with van der Waals surface area (Å²) in [6.07, 6.45) is 6.38. The number of hydrogen-bond donors (Lipinski definition) is 1. The van der Waals surface area contributed by atoms with Gasteiger partial charge in [0.2, 0.25) is 0 Å². The Bertz CT molecular complexity index is 401. The zero-order chi connectivity index (χ0) is 13.2. The standard InChI is InChI=1S/C17H27N/c1-17(2,3)11-10-16(18-4)15-9-8-13-6-5-7-14(13)12-15/h8-9,12,16,18H,5-7,10-11H2,1-4H3. The molecule has 1 aromatic carbocycles. The van der Waals surface area contributed by atoms with Gasteiger partial charge in [0, 0.05) is 6.04 Å². The summed E-state index contributed by atoms with van der Waals surface area (Å²) >= 11 is 0. The summed E-state index contributed by atoms with van der Waals surface area (Å²) in [4.78, 5) is 0. The second-order valence-corrected chi connectivity index (χ2v) is 6.82. The molecule has 0 radical (unpaired) electrons. The van der Waals surface area contributed by atoms with Crippen LogP contribution in [0.25, 0.3) is 0 Å². The van der Waals surface area contributed by atoms with Crippen LogP contribution in [-0.2, 0) is 12.8 Å². The number of hydrogen-bond acceptors (Lipinski definition) is 1. The summed E-state index contributed by atoms with van der Waals surface area (Å²) in [5.74, 6) is 0. The van der Waals surface area contributed by atoms with E-state index in [0.29, 0.717) is 11.5 Å². The van der Waals surface area contributed by atoms with Gasteiger partial charge in [-0.05, 0) is 61.3 Å². The molecule has 0 amide bonds. The van der Waals surface area contributed by atoms with Crippen molar-refractivity contribution in [2.75, 3.05) is 7.05 Å². The van der Waals surface area contributed by atoms with E-state index in [2.05, 4.69) is 51.3 Å². The molecule has 0 aromatic heterocycles. The van der Waals surface area contributed by atoms with Crippen LogP contribution in [0.2, 0.25) is 0 Å². The molecule has 18 heavy (non-hydrogen) atoms. The maximum atomic E-state index is 3.48. The SMILES string of the molecule is CNC(CCC(C)(C)C)c1ccc2c(c1)CCC2. The lowest BCUT2D eigenvalue weighted by molar-refractivity contribution is 0.338. The van der Waals surface area contributed by atoms with Crippen molar-refractivity contribution < 1.29 is 0 Å². The van der Waals surface area contributed by atoms with Crippen LogP contribution >= 0.6 is 0 Å². The van der Waals surface area contributed by atoms with Gasteiger partial charge in [-0.2, -0.15) is 0 Å². The molecule has 1 N–H and O–H groups in total. The van der Waals surface area contributed by atoms with E-state index in [1.54, 1.807) is 11.1 Å². The van der Waals surface area contributed by atoms with Gasteiger partial charge >= 0.3 is 0 Å². The molecule has 2 rings (SSSR count). The van der Waals surface area contributed by atoms with Crippen molar-refractivity contribution in [1.82, 2.24) is 5.32 Å². The molecule has 1 aliphatic rings. The van der Waals surface area contributed by atoms with E-state index in [-0.39, 0.29) is 0 Å². The van der Waals surface area contributed by atoms with Gasteiger partial charge in [-0.1, -0.05) is 39.0 Å². The molecule has 100 valence electrons. The van der Waals surface area contributed by atoms with Gasteiger partial charge in [-0.25, -0.2) is 0 Å². The average Bonchev–Trinajstić information content (AvgIpc) is 2.75. The normalized spacial score (nSPS) is 16.7. The first-order valence-electron chi connectivity index (χ1n) is 7.28. The topological polar surface area (TPSA) is 12.0 Å². The molecule has 1 unspecified atom stereocenters. The molecule has 1 atom stereocenters. The van der Waals surface area contributed by atoms with Gasteiger partial charge in [-0.15, -0.1) is 0 Å². The van der Waals surface area contributed by atoms with Gasteiger partial charge < -0.3 is 5.32 Å². The summed E-state index contributed by atoms with van der Waals surface area (Å²) < 4.78 is 0. The largest absolute Gasteiger partial charge is 0.313 e. The lowest BCUT2D eigenvalue weighted by Gasteiger charge is -2.23. The van der Waals surface area contributed by atoms with Crippen LogP contribution in [0.15, 0.2) is 18.2 Å². The van der Waals surface area contributed by atoms with Crippen LogP contribution in [0, 0.1) is 5.41 Å². The Hall–Kier alpha value is -0.820. The average molecular weight is 245 g/mol. The van der Waals surface area contributed by atoms with Gasteiger partial charge in [0.05, 0.1) is 0 Å². The Morgan fingerprint density at radius 3 is 2.56 bits per heavy atom. The van der Waals surface area contributed by atoms with Crippen molar-refractivity contribution in [2.24, 2.45) is 5.41 Å². The van der Waals surface area contributed by atoms with Crippen LogP contribution in [0.5, 0.6) is 0 Å². The fraction of sp³-hybridized carbons (Fsp3) is 0.647. The number of benzene rings is 1. The minimum Gasteiger partial charge on any atom is -0.313 e. The Labute approximate surface area is 112 Å². The molecule has 0 spiro atoms. The third-order valence-electron chi connectivity index (χ3n) is 4.06. The zero-order valence-electron chi connectivity index (χ0n) is 12.3. The Morgan fingerprint density at radius 1 is 1.17 bits per heavy atom. The smallest absolute Gasteiger partial charge is 0.0317 e.